The molecule has 28 heavy (non-hydrogen) atoms. The molecule has 142 valence electrons. The first-order valence-electron chi connectivity index (χ1n) is 8.77. The Morgan fingerprint density at radius 3 is 2.39 bits per heavy atom. The molecule has 6 nitrogen and oxygen atoms in total. The number of aromatic nitrogens is 1. The number of amides is 2. The number of methoxy groups -OCH3 is 1. The lowest BCUT2D eigenvalue weighted by Gasteiger charge is -2.11. The molecule has 3 aromatic rings. The lowest BCUT2D eigenvalue weighted by molar-refractivity contribution is 0.102. The van der Waals surface area contributed by atoms with Crippen LogP contribution in [0.15, 0.2) is 60.8 Å². The van der Waals surface area contributed by atoms with E-state index in [0.29, 0.717) is 17.0 Å². The van der Waals surface area contributed by atoms with E-state index in [2.05, 4.69) is 15.6 Å². The molecule has 0 saturated heterocycles. The number of hydrogen-bond acceptors (Lipinski definition) is 4. The summed E-state index contributed by atoms with van der Waals surface area (Å²) in [6, 6.07) is 15.9. The Labute approximate surface area is 163 Å². The number of para-hydroxylation sites is 2. The van der Waals surface area contributed by atoms with Crippen molar-refractivity contribution >= 4 is 23.2 Å². The Kier molecular flexibility index (Phi) is 5.69. The SMILES string of the molecule is COc1ccccc1NC(=O)c1cc(C(=O)Nc2ccc(C)cc2C)ccn1. The first-order valence-corrected chi connectivity index (χ1v) is 8.77. The number of nitrogens with one attached hydrogen (secondary N) is 2. The largest absolute Gasteiger partial charge is 0.495 e. The van der Waals surface area contributed by atoms with Gasteiger partial charge in [-0.2, -0.15) is 0 Å². The third-order valence-corrected chi connectivity index (χ3v) is 4.24. The van der Waals surface area contributed by atoms with Crippen LogP contribution in [0.3, 0.4) is 0 Å². The normalized spacial score (nSPS) is 10.2. The van der Waals surface area contributed by atoms with Gasteiger partial charge in [0.1, 0.15) is 11.4 Å². The van der Waals surface area contributed by atoms with E-state index in [9.17, 15) is 9.59 Å². The Morgan fingerprint density at radius 2 is 1.64 bits per heavy atom. The van der Waals surface area contributed by atoms with Crippen LogP contribution in [0.4, 0.5) is 11.4 Å². The van der Waals surface area contributed by atoms with E-state index in [-0.39, 0.29) is 11.6 Å². The zero-order valence-electron chi connectivity index (χ0n) is 15.9. The third-order valence-electron chi connectivity index (χ3n) is 4.24. The minimum Gasteiger partial charge on any atom is -0.495 e. The van der Waals surface area contributed by atoms with E-state index in [0.717, 1.165) is 16.8 Å². The second-order valence-corrected chi connectivity index (χ2v) is 6.36. The standard InChI is InChI=1S/C22H21N3O3/c1-14-8-9-17(15(2)12-14)24-21(26)16-10-11-23-19(13-16)22(27)25-18-6-4-5-7-20(18)28-3/h4-13H,1-3H3,(H,24,26)(H,25,27). The first kappa shape index (κ1) is 19.1. The van der Waals surface area contributed by atoms with Gasteiger partial charge in [-0.25, -0.2) is 0 Å². The van der Waals surface area contributed by atoms with Gasteiger partial charge in [-0.05, 0) is 49.7 Å². The molecule has 1 heterocycles. The van der Waals surface area contributed by atoms with Crippen LogP contribution in [0.1, 0.15) is 32.0 Å². The van der Waals surface area contributed by atoms with Crippen molar-refractivity contribution in [2.75, 3.05) is 17.7 Å². The molecular formula is C22H21N3O3. The van der Waals surface area contributed by atoms with E-state index >= 15 is 0 Å². The summed E-state index contributed by atoms with van der Waals surface area (Å²) in [7, 11) is 1.53. The Balaban J connectivity index is 1.77. The molecule has 3 rings (SSSR count). The molecule has 0 radical (unpaired) electrons. The molecule has 0 saturated carbocycles. The summed E-state index contributed by atoms with van der Waals surface area (Å²) in [6.45, 7) is 3.93. The van der Waals surface area contributed by atoms with Gasteiger partial charge in [-0.3, -0.25) is 14.6 Å². The monoisotopic (exact) mass is 375 g/mol. The first-order chi connectivity index (χ1) is 13.5. The summed E-state index contributed by atoms with van der Waals surface area (Å²) >= 11 is 0. The van der Waals surface area contributed by atoms with Crippen molar-refractivity contribution < 1.29 is 14.3 Å². The van der Waals surface area contributed by atoms with E-state index in [1.807, 2.05) is 38.1 Å². The van der Waals surface area contributed by atoms with Crippen molar-refractivity contribution in [3.05, 3.63) is 83.2 Å². The molecule has 1 aromatic heterocycles. The average Bonchev–Trinajstić information content (AvgIpc) is 2.70. The van der Waals surface area contributed by atoms with Crippen molar-refractivity contribution in [3.8, 4) is 5.75 Å². The van der Waals surface area contributed by atoms with Crippen molar-refractivity contribution in [2.24, 2.45) is 0 Å². The van der Waals surface area contributed by atoms with E-state index in [1.165, 1.54) is 19.4 Å². The minimum atomic E-state index is -0.425. The number of hydrogen-bond donors (Lipinski definition) is 2. The van der Waals surface area contributed by atoms with Crippen LogP contribution < -0.4 is 15.4 Å². The fourth-order valence-corrected chi connectivity index (χ4v) is 2.78. The second-order valence-electron chi connectivity index (χ2n) is 6.36. The molecule has 0 atom stereocenters. The predicted molar refractivity (Wildman–Crippen MR) is 109 cm³/mol. The fraction of sp³-hybridized carbons (Fsp3) is 0.136. The van der Waals surface area contributed by atoms with E-state index < -0.39 is 5.91 Å². The highest BCUT2D eigenvalue weighted by molar-refractivity contribution is 6.08. The lowest BCUT2D eigenvalue weighted by atomic mass is 10.1. The van der Waals surface area contributed by atoms with Gasteiger partial charge >= 0.3 is 0 Å². The maximum Gasteiger partial charge on any atom is 0.274 e. The third kappa shape index (κ3) is 4.35. The van der Waals surface area contributed by atoms with Gasteiger partial charge in [-0.1, -0.05) is 29.8 Å². The molecule has 0 aliphatic carbocycles. The number of ether oxygens (including phenoxy) is 1. The maximum atomic E-state index is 12.6. The van der Waals surface area contributed by atoms with Crippen molar-refractivity contribution in [3.63, 3.8) is 0 Å². The van der Waals surface area contributed by atoms with Crippen LogP contribution in [-0.2, 0) is 0 Å². The van der Waals surface area contributed by atoms with Gasteiger partial charge in [0, 0.05) is 17.4 Å². The van der Waals surface area contributed by atoms with Gasteiger partial charge in [0.25, 0.3) is 11.8 Å². The summed E-state index contributed by atoms with van der Waals surface area (Å²) in [4.78, 5) is 29.2. The molecule has 2 aromatic carbocycles. The number of pyridine rings is 1. The summed E-state index contributed by atoms with van der Waals surface area (Å²) in [6.07, 6.45) is 1.44. The van der Waals surface area contributed by atoms with Crippen molar-refractivity contribution in [1.29, 1.82) is 0 Å². The Bertz CT molecular complexity index is 1030. The topological polar surface area (TPSA) is 80.3 Å². The molecule has 0 fully saturated rings. The summed E-state index contributed by atoms with van der Waals surface area (Å²) in [5, 5.41) is 5.62. The van der Waals surface area contributed by atoms with Crippen LogP contribution >= 0.6 is 0 Å². The number of anilines is 2. The molecule has 0 spiro atoms. The fourth-order valence-electron chi connectivity index (χ4n) is 2.78. The number of carbonyl (C=O) groups is 2. The highest BCUT2D eigenvalue weighted by Gasteiger charge is 2.14. The van der Waals surface area contributed by atoms with Gasteiger partial charge in [0.05, 0.1) is 12.8 Å². The van der Waals surface area contributed by atoms with Crippen LogP contribution in [0, 0.1) is 13.8 Å². The molecule has 0 bridgehead atoms. The maximum absolute atomic E-state index is 12.6. The average molecular weight is 375 g/mol. The zero-order valence-corrected chi connectivity index (χ0v) is 15.9. The second kappa shape index (κ2) is 8.35. The highest BCUT2D eigenvalue weighted by atomic mass is 16.5. The number of rotatable bonds is 5. The summed E-state index contributed by atoms with van der Waals surface area (Å²) < 4.78 is 5.23. The van der Waals surface area contributed by atoms with Crippen LogP contribution in [0.2, 0.25) is 0 Å². The Morgan fingerprint density at radius 1 is 0.893 bits per heavy atom. The number of benzene rings is 2. The number of carbonyl (C=O) groups excluding carboxylic acids is 2. The Hall–Kier alpha value is -3.67. The molecule has 6 heteroatoms. The molecule has 0 aliphatic rings. The lowest BCUT2D eigenvalue weighted by Crippen LogP contribution is -2.17. The smallest absolute Gasteiger partial charge is 0.274 e. The van der Waals surface area contributed by atoms with E-state index in [4.69, 9.17) is 4.74 Å². The molecule has 2 N–H and O–H groups in total. The van der Waals surface area contributed by atoms with Gasteiger partial charge in [0.15, 0.2) is 0 Å². The molecule has 2 amide bonds. The highest BCUT2D eigenvalue weighted by Crippen LogP contribution is 2.23. The van der Waals surface area contributed by atoms with Crippen LogP contribution in [-0.4, -0.2) is 23.9 Å². The molecular weight excluding hydrogens is 354 g/mol. The number of nitrogens with zero attached hydrogens (tertiary/aromatic N) is 1. The molecule has 0 aliphatic heterocycles. The quantitative estimate of drug-likeness (QED) is 0.700. The summed E-state index contributed by atoms with van der Waals surface area (Å²) in [5.41, 5.74) is 3.83. The van der Waals surface area contributed by atoms with Crippen LogP contribution in [0.25, 0.3) is 0 Å². The van der Waals surface area contributed by atoms with Crippen molar-refractivity contribution in [2.45, 2.75) is 13.8 Å². The van der Waals surface area contributed by atoms with Crippen LogP contribution in [0.5, 0.6) is 5.75 Å². The number of aryl methyl sites for hydroxylation is 2. The van der Waals surface area contributed by atoms with Gasteiger partial charge < -0.3 is 15.4 Å². The van der Waals surface area contributed by atoms with Gasteiger partial charge in [-0.15, -0.1) is 0 Å². The van der Waals surface area contributed by atoms with Crippen molar-refractivity contribution in [1.82, 2.24) is 4.98 Å². The summed E-state index contributed by atoms with van der Waals surface area (Å²) in [5.74, 6) is -0.189. The zero-order chi connectivity index (χ0) is 20.1. The minimum absolute atomic E-state index is 0.138. The molecule has 0 unspecified atom stereocenters. The predicted octanol–water partition coefficient (Wildman–Crippen LogP) is 4.21. The van der Waals surface area contributed by atoms with Gasteiger partial charge in [0.2, 0.25) is 0 Å². The van der Waals surface area contributed by atoms with E-state index in [1.54, 1.807) is 24.3 Å².